The second-order valence-electron chi connectivity index (χ2n) is 10.2. The molecule has 0 rings (SSSR count). The van der Waals surface area contributed by atoms with Crippen molar-refractivity contribution in [1.29, 1.82) is 0 Å². The number of esters is 2. The zero-order valence-electron chi connectivity index (χ0n) is 20.4. The normalized spacial score (nSPS) is 14.6. The number of ether oxygens (including phenoxy) is 2. The zero-order valence-corrected chi connectivity index (χ0v) is 20.4. The Morgan fingerprint density at radius 2 is 1.61 bits per heavy atom. The van der Waals surface area contributed by atoms with Crippen LogP contribution in [0.25, 0.3) is 0 Å². The second kappa shape index (κ2) is 12.8. The molecule has 0 aliphatic carbocycles. The molecule has 0 aromatic heterocycles. The van der Waals surface area contributed by atoms with Gasteiger partial charge in [-0.3, -0.25) is 14.9 Å². The molecule has 180 valence electrons. The Kier molecular flexibility index (Phi) is 12.0. The highest BCUT2D eigenvalue weighted by atomic mass is 16.6. The maximum atomic E-state index is 12.4. The summed E-state index contributed by atoms with van der Waals surface area (Å²) < 4.78 is 9.99. The van der Waals surface area contributed by atoms with Gasteiger partial charge in [-0.05, 0) is 57.8 Å². The molecule has 1 atom stereocenters. The topological polar surface area (TPSA) is 116 Å². The summed E-state index contributed by atoms with van der Waals surface area (Å²) in [4.78, 5) is 35.7. The van der Waals surface area contributed by atoms with Gasteiger partial charge in [0.15, 0.2) is 6.61 Å². The number of allylic oxidation sites excluding steroid dienone is 1. The van der Waals surface area contributed by atoms with Gasteiger partial charge in [-0.2, -0.15) is 0 Å². The van der Waals surface area contributed by atoms with Crippen molar-refractivity contribution in [3.63, 3.8) is 0 Å². The van der Waals surface area contributed by atoms with Crippen LogP contribution >= 0.6 is 0 Å². The molecule has 1 N–H and O–H groups in total. The lowest BCUT2D eigenvalue weighted by molar-refractivity contribution is -0.576. The van der Waals surface area contributed by atoms with E-state index in [1.807, 2.05) is 0 Å². The van der Waals surface area contributed by atoms with Crippen LogP contribution in [0.2, 0.25) is 0 Å². The summed E-state index contributed by atoms with van der Waals surface area (Å²) in [6.45, 7) is 11.9. The molecule has 0 aromatic rings. The van der Waals surface area contributed by atoms with Gasteiger partial charge in [0.1, 0.15) is 6.61 Å². The van der Waals surface area contributed by atoms with Crippen molar-refractivity contribution in [3.8, 4) is 0 Å². The number of nitrogens with zero attached hydrogens (tertiary/aromatic N) is 1. The monoisotopic (exact) mass is 443 g/mol. The van der Waals surface area contributed by atoms with E-state index in [0.29, 0.717) is 24.2 Å². The SMILES string of the molecule is COC(=O)/C(=C/CC(CC(C)C)CC(C)C)CC(CO)(COC(=O)C(C)(C)C)[N+](=O)[O-]. The minimum Gasteiger partial charge on any atom is -0.466 e. The molecule has 0 bridgehead atoms. The summed E-state index contributed by atoms with van der Waals surface area (Å²) in [7, 11) is 1.21. The summed E-state index contributed by atoms with van der Waals surface area (Å²) in [5.41, 5.74) is -2.76. The van der Waals surface area contributed by atoms with Gasteiger partial charge < -0.3 is 14.6 Å². The fourth-order valence-corrected chi connectivity index (χ4v) is 3.39. The molecular formula is C23H41NO7. The van der Waals surface area contributed by atoms with E-state index < -0.39 is 47.5 Å². The van der Waals surface area contributed by atoms with E-state index in [4.69, 9.17) is 9.47 Å². The van der Waals surface area contributed by atoms with Gasteiger partial charge in [0.25, 0.3) is 5.54 Å². The fraction of sp³-hybridized carbons (Fsp3) is 0.826. The molecule has 0 heterocycles. The molecule has 0 aliphatic rings. The number of hydrogen-bond acceptors (Lipinski definition) is 7. The molecule has 0 aromatic carbocycles. The zero-order chi connectivity index (χ0) is 24.4. The minimum absolute atomic E-state index is 0.109. The van der Waals surface area contributed by atoms with E-state index in [0.717, 1.165) is 12.8 Å². The van der Waals surface area contributed by atoms with E-state index >= 15 is 0 Å². The highest BCUT2D eigenvalue weighted by molar-refractivity contribution is 5.88. The number of nitro groups is 1. The first-order valence-electron chi connectivity index (χ1n) is 10.9. The lowest BCUT2D eigenvalue weighted by Gasteiger charge is -2.26. The second-order valence-corrected chi connectivity index (χ2v) is 10.2. The number of aliphatic hydroxyl groups is 1. The number of hydrogen-bond donors (Lipinski definition) is 1. The van der Waals surface area contributed by atoms with Gasteiger partial charge in [0.05, 0.1) is 18.9 Å². The van der Waals surface area contributed by atoms with Crippen molar-refractivity contribution in [2.75, 3.05) is 20.3 Å². The van der Waals surface area contributed by atoms with Crippen LogP contribution in [0.3, 0.4) is 0 Å². The number of carbonyl (C=O) groups is 2. The highest BCUT2D eigenvalue weighted by Crippen LogP contribution is 2.28. The molecule has 8 heteroatoms. The van der Waals surface area contributed by atoms with Crippen LogP contribution in [-0.2, 0) is 19.1 Å². The van der Waals surface area contributed by atoms with Crippen molar-refractivity contribution in [2.45, 2.75) is 79.7 Å². The highest BCUT2D eigenvalue weighted by Gasteiger charge is 2.46. The molecule has 31 heavy (non-hydrogen) atoms. The molecule has 0 saturated heterocycles. The van der Waals surface area contributed by atoms with Gasteiger partial charge in [-0.15, -0.1) is 0 Å². The Hall–Kier alpha value is -1.96. The van der Waals surface area contributed by atoms with Crippen LogP contribution in [0.5, 0.6) is 0 Å². The van der Waals surface area contributed by atoms with Crippen LogP contribution in [0, 0.1) is 33.3 Å². The largest absolute Gasteiger partial charge is 0.466 e. The molecule has 0 aliphatic heterocycles. The first kappa shape index (κ1) is 29.0. The molecule has 0 saturated carbocycles. The number of methoxy groups -OCH3 is 1. The quantitative estimate of drug-likeness (QED) is 0.196. The molecule has 1 unspecified atom stereocenters. The first-order chi connectivity index (χ1) is 14.2. The summed E-state index contributed by atoms with van der Waals surface area (Å²) in [6, 6.07) is 0. The van der Waals surface area contributed by atoms with Crippen molar-refractivity contribution in [3.05, 3.63) is 21.8 Å². The van der Waals surface area contributed by atoms with Gasteiger partial charge in [-0.1, -0.05) is 33.8 Å². The Morgan fingerprint density at radius 3 is 1.97 bits per heavy atom. The van der Waals surface area contributed by atoms with Gasteiger partial charge in [0.2, 0.25) is 0 Å². The van der Waals surface area contributed by atoms with Crippen LogP contribution in [0.1, 0.15) is 74.1 Å². The summed E-state index contributed by atoms with van der Waals surface area (Å²) in [5.74, 6) is -0.0337. The van der Waals surface area contributed by atoms with Crippen molar-refractivity contribution in [2.24, 2.45) is 23.2 Å². The maximum Gasteiger partial charge on any atom is 0.333 e. The lowest BCUT2D eigenvalue weighted by atomic mass is 9.85. The third kappa shape index (κ3) is 10.3. The van der Waals surface area contributed by atoms with E-state index in [1.165, 1.54) is 7.11 Å². The average molecular weight is 444 g/mol. The molecule has 0 fully saturated rings. The van der Waals surface area contributed by atoms with E-state index in [-0.39, 0.29) is 5.57 Å². The van der Waals surface area contributed by atoms with Crippen LogP contribution in [0.4, 0.5) is 0 Å². The summed E-state index contributed by atoms with van der Waals surface area (Å²) in [5, 5.41) is 21.7. The molecular weight excluding hydrogens is 402 g/mol. The predicted octanol–water partition coefficient (Wildman–Crippen LogP) is 4.17. The molecule has 0 radical (unpaired) electrons. The molecule has 0 spiro atoms. The van der Waals surface area contributed by atoms with Crippen molar-refractivity contribution in [1.82, 2.24) is 0 Å². The van der Waals surface area contributed by atoms with Crippen LogP contribution in [-0.4, -0.2) is 47.8 Å². The first-order valence-corrected chi connectivity index (χ1v) is 10.9. The third-order valence-electron chi connectivity index (χ3n) is 5.04. The summed E-state index contributed by atoms with van der Waals surface area (Å²) in [6.07, 6.45) is 3.79. The lowest BCUT2D eigenvalue weighted by Crippen LogP contribution is -2.48. The predicted molar refractivity (Wildman–Crippen MR) is 119 cm³/mol. The van der Waals surface area contributed by atoms with Crippen LogP contribution < -0.4 is 0 Å². The Labute approximate surface area is 186 Å². The number of rotatable bonds is 13. The Bertz CT molecular complexity index is 624. The third-order valence-corrected chi connectivity index (χ3v) is 5.04. The Balaban J connectivity index is 5.79. The van der Waals surface area contributed by atoms with Crippen LogP contribution in [0.15, 0.2) is 11.6 Å². The number of aliphatic hydroxyl groups excluding tert-OH is 1. The van der Waals surface area contributed by atoms with Crippen molar-refractivity contribution < 1.29 is 29.1 Å². The smallest absolute Gasteiger partial charge is 0.333 e. The molecule has 0 amide bonds. The van der Waals surface area contributed by atoms with Gasteiger partial charge in [-0.25, -0.2) is 4.79 Å². The van der Waals surface area contributed by atoms with E-state index in [2.05, 4.69) is 27.7 Å². The van der Waals surface area contributed by atoms with Crippen molar-refractivity contribution >= 4 is 11.9 Å². The minimum atomic E-state index is -2.02. The van der Waals surface area contributed by atoms with E-state index in [9.17, 15) is 24.8 Å². The van der Waals surface area contributed by atoms with E-state index in [1.54, 1.807) is 26.8 Å². The number of carbonyl (C=O) groups excluding carboxylic acids is 2. The summed E-state index contributed by atoms with van der Waals surface area (Å²) >= 11 is 0. The maximum absolute atomic E-state index is 12.4. The Morgan fingerprint density at radius 1 is 1.10 bits per heavy atom. The van der Waals surface area contributed by atoms with Gasteiger partial charge >= 0.3 is 11.9 Å². The standard InChI is InChI=1S/C23H41NO7/c1-16(2)11-18(12-17(3)4)9-10-19(20(26)30-8)13-23(14-25,24(28)29)15-31-21(27)22(5,6)7/h10,16-18,25H,9,11-15H2,1-8H3/b19-10+. The van der Waals surface area contributed by atoms with Gasteiger partial charge in [0, 0.05) is 10.5 Å². The fourth-order valence-electron chi connectivity index (χ4n) is 3.39. The average Bonchev–Trinajstić information content (AvgIpc) is 2.64. The molecule has 8 nitrogen and oxygen atoms in total.